The van der Waals surface area contributed by atoms with Crippen LogP contribution in [0.3, 0.4) is 0 Å². The number of hydrogen-bond acceptors (Lipinski definition) is 4. The first-order valence-electron chi connectivity index (χ1n) is 5.06. The minimum atomic E-state index is -2.95. The van der Waals surface area contributed by atoms with Crippen molar-refractivity contribution in [1.29, 1.82) is 0 Å². The highest BCUT2D eigenvalue weighted by molar-refractivity contribution is 5.86. The van der Waals surface area contributed by atoms with Crippen LogP contribution in [0.2, 0.25) is 0 Å². The summed E-state index contributed by atoms with van der Waals surface area (Å²) in [5, 5.41) is 24.0. The minimum Gasteiger partial charge on any atom is -0.476 e. The van der Waals surface area contributed by atoms with E-state index in [9.17, 15) is 13.6 Å². The van der Waals surface area contributed by atoms with Crippen LogP contribution in [0.25, 0.3) is 0 Å². The lowest BCUT2D eigenvalue weighted by Crippen LogP contribution is -2.13. The van der Waals surface area contributed by atoms with Gasteiger partial charge in [-0.1, -0.05) is 5.21 Å². The molecule has 6 nitrogen and oxygen atoms in total. The molecule has 1 unspecified atom stereocenters. The fourth-order valence-electron chi connectivity index (χ4n) is 1.49. The van der Waals surface area contributed by atoms with Crippen molar-refractivity contribution in [2.24, 2.45) is 0 Å². The van der Waals surface area contributed by atoms with Crippen LogP contribution in [0.5, 0.6) is 0 Å². The average molecular weight is 249 g/mol. The molecule has 0 amide bonds. The molecule has 0 saturated heterocycles. The quantitative estimate of drug-likeness (QED) is 0.792. The van der Waals surface area contributed by atoms with Crippen molar-refractivity contribution in [3.8, 4) is 0 Å². The molecule has 0 aliphatic carbocycles. The van der Waals surface area contributed by atoms with Gasteiger partial charge in [0.1, 0.15) is 5.69 Å². The molecule has 2 N–H and O–H groups in total. The van der Waals surface area contributed by atoms with Crippen molar-refractivity contribution in [2.45, 2.75) is 32.2 Å². The molecule has 1 heterocycles. The van der Waals surface area contributed by atoms with Gasteiger partial charge in [0.25, 0.3) is 6.43 Å². The summed E-state index contributed by atoms with van der Waals surface area (Å²) in [7, 11) is 0. The molecule has 17 heavy (non-hydrogen) atoms. The lowest BCUT2D eigenvalue weighted by atomic mass is 10.2. The Morgan fingerprint density at radius 3 is 2.65 bits per heavy atom. The van der Waals surface area contributed by atoms with Crippen LogP contribution in [0.1, 0.15) is 48.4 Å². The predicted molar refractivity (Wildman–Crippen MR) is 53.0 cm³/mol. The van der Waals surface area contributed by atoms with E-state index >= 15 is 0 Å². The largest absolute Gasteiger partial charge is 0.476 e. The van der Waals surface area contributed by atoms with E-state index in [4.69, 9.17) is 10.2 Å². The molecular formula is C9H13F2N3O3. The first-order chi connectivity index (χ1) is 7.99. The maximum Gasteiger partial charge on any atom is 0.358 e. The Labute approximate surface area is 95.9 Å². The molecule has 0 fully saturated rings. The van der Waals surface area contributed by atoms with Gasteiger partial charge in [-0.05, 0) is 19.8 Å². The van der Waals surface area contributed by atoms with E-state index in [-0.39, 0.29) is 6.61 Å². The number of carboxylic acid groups (broad SMARTS) is 1. The first kappa shape index (κ1) is 13.5. The third kappa shape index (κ3) is 2.96. The minimum absolute atomic E-state index is 0.0607. The summed E-state index contributed by atoms with van der Waals surface area (Å²) in [6.45, 7) is 1.55. The molecule has 0 aromatic carbocycles. The number of hydrogen-bond donors (Lipinski definition) is 2. The predicted octanol–water partition coefficient (Wildman–Crippen LogP) is 1.25. The number of alkyl halides is 2. The number of aromatic nitrogens is 3. The van der Waals surface area contributed by atoms with E-state index in [1.54, 1.807) is 6.92 Å². The summed E-state index contributed by atoms with van der Waals surface area (Å²) in [6, 6.07) is -0.438. The van der Waals surface area contributed by atoms with Gasteiger partial charge in [0, 0.05) is 6.61 Å². The summed E-state index contributed by atoms with van der Waals surface area (Å²) < 4.78 is 26.4. The fraction of sp³-hybridized carbons (Fsp3) is 0.667. The fourth-order valence-corrected chi connectivity index (χ4v) is 1.49. The van der Waals surface area contributed by atoms with Gasteiger partial charge in [-0.25, -0.2) is 18.3 Å². The van der Waals surface area contributed by atoms with Crippen LogP contribution in [-0.2, 0) is 0 Å². The Hall–Kier alpha value is -1.57. The van der Waals surface area contributed by atoms with Crippen LogP contribution < -0.4 is 0 Å². The third-order valence-electron chi connectivity index (χ3n) is 2.34. The van der Waals surface area contributed by atoms with E-state index in [0.717, 1.165) is 4.68 Å². The number of rotatable bonds is 6. The summed E-state index contributed by atoms with van der Waals surface area (Å²) >= 11 is 0. The van der Waals surface area contributed by atoms with Crippen molar-refractivity contribution < 1.29 is 23.8 Å². The Kier molecular flexibility index (Phi) is 4.50. The highest BCUT2D eigenvalue weighted by Gasteiger charge is 2.28. The van der Waals surface area contributed by atoms with Gasteiger partial charge in [0.05, 0.1) is 6.04 Å². The Bertz CT molecular complexity index is 395. The third-order valence-corrected chi connectivity index (χ3v) is 2.34. The topological polar surface area (TPSA) is 88.2 Å². The molecule has 0 radical (unpaired) electrons. The van der Waals surface area contributed by atoms with E-state index in [1.807, 2.05) is 0 Å². The SMILES string of the molecule is CC(CCCO)n1nnc(C(=O)O)c1C(F)F. The van der Waals surface area contributed by atoms with Gasteiger partial charge in [0.15, 0.2) is 5.69 Å². The zero-order chi connectivity index (χ0) is 13.0. The Morgan fingerprint density at radius 1 is 1.53 bits per heavy atom. The number of aromatic carboxylic acids is 1. The first-order valence-corrected chi connectivity index (χ1v) is 5.06. The van der Waals surface area contributed by atoms with E-state index < -0.39 is 29.8 Å². The van der Waals surface area contributed by atoms with E-state index in [1.165, 1.54) is 0 Å². The zero-order valence-corrected chi connectivity index (χ0v) is 9.18. The summed E-state index contributed by atoms with van der Waals surface area (Å²) in [5.74, 6) is -1.53. The molecule has 1 atom stereocenters. The van der Waals surface area contributed by atoms with Gasteiger partial charge < -0.3 is 10.2 Å². The molecule has 8 heteroatoms. The molecule has 1 aromatic heterocycles. The molecule has 0 saturated carbocycles. The highest BCUT2D eigenvalue weighted by atomic mass is 19.3. The average Bonchev–Trinajstić information content (AvgIpc) is 2.70. The van der Waals surface area contributed by atoms with Crippen LogP contribution in [0.15, 0.2) is 0 Å². The molecule has 1 rings (SSSR count). The highest BCUT2D eigenvalue weighted by Crippen LogP contribution is 2.25. The number of halogens is 2. The maximum atomic E-state index is 12.8. The number of carbonyl (C=O) groups is 1. The number of aliphatic hydroxyl groups excluding tert-OH is 1. The molecule has 1 aromatic rings. The lowest BCUT2D eigenvalue weighted by molar-refractivity contribution is 0.0675. The van der Waals surface area contributed by atoms with Crippen molar-refractivity contribution >= 4 is 5.97 Å². The number of aliphatic hydroxyl groups is 1. The van der Waals surface area contributed by atoms with Crippen molar-refractivity contribution in [3.63, 3.8) is 0 Å². The van der Waals surface area contributed by atoms with Crippen molar-refractivity contribution in [1.82, 2.24) is 15.0 Å². The number of nitrogens with zero attached hydrogens (tertiary/aromatic N) is 3. The smallest absolute Gasteiger partial charge is 0.358 e. The van der Waals surface area contributed by atoms with Crippen LogP contribution in [0, 0.1) is 0 Å². The second-order valence-electron chi connectivity index (χ2n) is 3.59. The van der Waals surface area contributed by atoms with Gasteiger partial charge in [-0.3, -0.25) is 0 Å². The summed E-state index contributed by atoms with van der Waals surface area (Å²) in [4.78, 5) is 10.7. The normalized spacial score (nSPS) is 13.0. The summed E-state index contributed by atoms with van der Waals surface area (Å²) in [5.41, 5.74) is -1.42. The summed E-state index contributed by atoms with van der Waals surface area (Å²) in [6.07, 6.45) is -2.11. The molecule has 0 bridgehead atoms. The van der Waals surface area contributed by atoms with Crippen LogP contribution in [-0.4, -0.2) is 37.8 Å². The van der Waals surface area contributed by atoms with Gasteiger partial charge in [-0.15, -0.1) is 5.10 Å². The molecular weight excluding hydrogens is 236 g/mol. The Balaban J connectivity index is 3.03. The van der Waals surface area contributed by atoms with Crippen LogP contribution in [0.4, 0.5) is 8.78 Å². The van der Waals surface area contributed by atoms with Gasteiger partial charge in [0.2, 0.25) is 0 Å². The molecule has 0 aliphatic rings. The van der Waals surface area contributed by atoms with E-state index in [0.29, 0.717) is 12.8 Å². The lowest BCUT2D eigenvalue weighted by Gasteiger charge is -2.13. The second-order valence-corrected chi connectivity index (χ2v) is 3.59. The van der Waals surface area contributed by atoms with Gasteiger partial charge in [-0.2, -0.15) is 0 Å². The van der Waals surface area contributed by atoms with Crippen molar-refractivity contribution in [3.05, 3.63) is 11.4 Å². The van der Waals surface area contributed by atoms with E-state index in [2.05, 4.69) is 10.3 Å². The van der Waals surface area contributed by atoms with Crippen molar-refractivity contribution in [2.75, 3.05) is 6.61 Å². The monoisotopic (exact) mass is 249 g/mol. The van der Waals surface area contributed by atoms with Crippen LogP contribution >= 0.6 is 0 Å². The number of carboxylic acids is 1. The standard InChI is InChI=1S/C9H13F2N3O3/c1-5(3-2-4-15)14-7(8(10)11)6(9(16)17)12-13-14/h5,8,15H,2-4H2,1H3,(H,16,17). The Morgan fingerprint density at radius 2 is 2.18 bits per heavy atom. The molecule has 96 valence electrons. The molecule has 0 aliphatic heterocycles. The second kappa shape index (κ2) is 5.67. The zero-order valence-electron chi connectivity index (χ0n) is 9.18. The maximum absolute atomic E-state index is 12.8. The molecule has 0 spiro atoms. The van der Waals surface area contributed by atoms with Gasteiger partial charge >= 0.3 is 5.97 Å².